The predicted molar refractivity (Wildman–Crippen MR) is 96.8 cm³/mol. The van der Waals surface area contributed by atoms with Crippen molar-refractivity contribution in [2.24, 2.45) is 0 Å². The molecule has 2 aromatic carbocycles. The lowest BCUT2D eigenvalue weighted by Crippen LogP contribution is -2.34. The molecule has 1 unspecified atom stereocenters. The molecule has 1 aliphatic heterocycles. The van der Waals surface area contributed by atoms with Crippen molar-refractivity contribution >= 4 is 17.5 Å². The lowest BCUT2D eigenvalue weighted by atomic mass is 10.1. The van der Waals surface area contributed by atoms with E-state index in [0.717, 1.165) is 16.7 Å². The number of amides is 2. The second kappa shape index (κ2) is 7.38. The van der Waals surface area contributed by atoms with Crippen LogP contribution in [0.4, 0.5) is 5.69 Å². The topological polar surface area (TPSA) is 67.4 Å². The summed E-state index contributed by atoms with van der Waals surface area (Å²) in [5.41, 5.74) is 3.89. The van der Waals surface area contributed by atoms with Crippen LogP contribution < -0.4 is 15.4 Å². The zero-order chi connectivity index (χ0) is 17.8. The molecule has 0 saturated carbocycles. The molecule has 1 heterocycles. The second-order valence-corrected chi connectivity index (χ2v) is 6.35. The minimum absolute atomic E-state index is 0.00835. The van der Waals surface area contributed by atoms with Crippen LogP contribution in [0.3, 0.4) is 0 Å². The van der Waals surface area contributed by atoms with Gasteiger partial charge < -0.3 is 15.4 Å². The molecule has 3 rings (SSSR count). The molecule has 0 saturated heterocycles. The van der Waals surface area contributed by atoms with E-state index in [1.54, 1.807) is 6.92 Å². The van der Waals surface area contributed by atoms with Crippen molar-refractivity contribution in [2.75, 3.05) is 11.9 Å². The van der Waals surface area contributed by atoms with Crippen molar-refractivity contribution in [3.8, 4) is 5.75 Å². The molecule has 0 fully saturated rings. The molecular formula is C20H22N2O3. The Morgan fingerprint density at radius 2 is 2.04 bits per heavy atom. The SMILES string of the molecule is Cc1cccc(CC(=O)NCCc2ccc3c(c2)NC(=O)C(C)O3)c1. The number of benzene rings is 2. The van der Waals surface area contributed by atoms with Gasteiger partial charge in [-0.1, -0.05) is 35.9 Å². The average molecular weight is 338 g/mol. The number of rotatable bonds is 5. The van der Waals surface area contributed by atoms with Gasteiger partial charge in [0.05, 0.1) is 12.1 Å². The smallest absolute Gasteiger partial charge is 0.265 e. The third-order valence-electron chi connectivity index (χ3n) is 4.16. The molecule has 0 aliphatic carbocycles. The highest BCUT2D eigenvalue weighted by molar-refractivity contribution is 5.97. The van der Waals surface area contributed by atoms with Crippen LogP contribution in [-0.2, 0) is 22.4 Å². The maximum Gasteiger partial charge on any atom is 0.265 e. The number of anilines is 1. The molecule has 5 nitrogen and oxygen atoms in total. The summed E-state index contributed by atoms with van der Waals surface area (Å²) in [5.74, 6) is 0.546. The van der Waals surface area contributed by atoms with Crippen LogP contribution in [-0.4, -0.2) is 24.5 Å². The quantitative estimate of drug-likeness (QED) is 0.881. The van der Waals surface area contributed by atoms with Crippen LogP contribution in [0.25, 0.3) is 0 Å². The monoisotopic (exact) mass is 338 g/mol. The second-order valence-electron chi connectivity index (χ2n) is 6.35. The van der Waals surface area contributed by atoms with Gasteiger partial charge in [-0.3, -0.25) is 9.59 Å². The lowest BCUT2D eigenvalue weighted by Gasteiger charge is -2.23. The molecular weight excluding hydrogens is 316 g/mol. The summed E-state index contributed by atoms with van der Waals surface area (Å²) in [4.78, 5) is 23.7. The summed E-state index contributed by atoms with van der Waals surface area (Å²) in [7, 11) is 0. The first-order valence-corrected chi connectivity index (χ1v) is 8.44. The first-order valence-electron chi connectivity index (χ1n) is 8.44. The summed E-state index contributed by atoms with van der Waals surface area (Å²) in [6.45, 7) is 4.28. The molecule has 0 bridgehead atoms. The fourth-order valence-corrected chi connectivity index (χ4v) is 2.83. The third kappa shape index (κ3) is 4.38. The van der Waals surface area contributed by atoms with Crippen LogP contribution in [0.15, 0.2) is 42.5 Å². The molecule has 25 heavy (non-hydrogen) atoms. The maximum absolute atomic E-state index is 12.0. The van der Waals surface area contributed by atoms with E-state index in [1.807, 2.05) is 49.4 Å². The van der Waals surface area contributed by atoms with Crippen molar-refractivity contribution in [1.29, 1.82) is 0 Å². The number of hydrogen-bond donors (Lipinski definition) is 2. The number of aryl methyl sites for hydroxylation is 1. The molecule has 2 N–H and O–H groups in total. The van der Waals surface area contributed by atoms with Gasteiger partial charge in [-0.05, 0) is 43.5 Å². The summed E-state index contributed by atoms with van der Waals surface area (Å²) in [6, 6.07) is 13.7. The van der Waals surface area contributed by atoms with Crippen molar-refractivity contribution < 1.29 is 14.3 Å². The zero-order valence-electron chi connectivity index (χ0n) is 14.5. The molecule has 2 aromatic rings. The number of fused-ring (bicyclic) bond motifs is 1. The van der Waals surface area contributed by atoms with E-state index in [4.69, 9.17) is 4.74 Å². The highest BCUT2D eigenvalue weighted by Gasteiger charge is 2.23. The number of ether oxygens (including phenoxy) is 1. The van der Waals surface area contributed by atoms with E-state index in [1.165, 1.54) is 0 Å². The van der Waals surface area contributed by atoms with Gasteiger partial charge in [0.15, 0.2) is 6.10 Å². The van der Waals surface area contributed by atoms with E-state index in [0.29, 0.717) is 30.8 Å². The van der Waals surface area contributed by atoms with Crippen molar-refractivity contribution in [3.05, 3.63) is 59.2 Å². The summed E-state index contributed by atoms with van der Waals surface area (Å²) < 4.78 is 5.54. The summed E-state index contributed by atoms with van der Waals surface area (Å²) >= 11 is 0. The number of carbonyl (C=O) groups is 2. The molecule has 1 atom stereocenters. The van der Waals surface area contributed by atoms with Crippen LogP contribution in [0.5, 0.6) is 5.75 Å². The van der Waals surface area contributed by atoms with Gasteiger partial charge in [0, 0.05) is 6.54 Å². The Bertz CT molecular complexity index is 801. The minimum Gasteiger partial charge on any atom is -0.479 e. The minimum atomic E-state index is -0.473. The largest absolute Gasteiger partial charge is 0.479 e. The van der Waals surface area contributed by atoms with E-state index in [-0.39, 0.29) is 11.8 Å². The molecule has 0 radical (unpaired) electrons. The van der Waals surface area contributed by atoms with Crippen molar-refractivity contribution in [3.63, 3.8) is 0 Å². The number of carbonyl (C=O) groups excluding carboxylic acids is 2. The Kier molecular flexibility index (Phi) is 5.03. The standard InChI is InChI=1S/C20H22N2O3/c1-13-4-3-5-16(10-13)12-19(23)21-9-8-15-6-7-18-17(11-15)22-20(24)14(2)25-18/h3-7,10-11,14H,8-9,12H2,1-2H3,(H,21,23)(H,22,24). The Labute approximate surface area is 147 Å². The fraction of sp³-hybridized carbons (Fsp3) is 0.300. The van der Waals surface area contributed by atoms with Crippen LogP contribution in [0, 0.1) is 6.92 Å². The van der Waals surface area contributed by atoms with Crippen LogP contribution in [0.2, 0.25) is 0 Å². The first kappa shape index (κ1) is 17.0. The zero-order valence-corrected chi connectivity index (χ0v) is 14.5. The highest BCUT2D eigenvalue weighted by atomic mass is 16.5. The first-order chi connectivity index (χ1) is 12.0. The van der Waals surface area contributed by atoms with Crippen molar-refractivity contribution in [1.82, 2.24) is 5.32 Å². The van der Waals surface area contributed by atoms with E-state index < -0.39 is 6.10 Å². The Morgan fingerprint density at radius 3 is 2.84 bits per heavy atom. The van der Waals surface area contributed by atoms with Gasteiger partial charge in [-0.2, -0.15) is 0 Å². The normalized spacial score (nSPS) is 15.8. The van der Waals surface area contributed by atoms with E-state index in [9.17, 15) is 9.59 Å². The highest BCUT2D eigenvalue weighted by Crippen LogP contribution is 2.30. The fourth-order valence-electron chi connectivity index (χ4n) is 2.83. The van der Waals surface area contributed by atoms with Crippen LogP contribution >= 0.6 is 0 Å². The van der Waals surface area contributed by atoms with Crippen molar-refractivity contribution in [2.45, 2.75) is 32.8 Å². The molecule has 5 heteroatoms. The molecule has 0 aromatic heterocycles. The van der Waals surface area contributed by atoms with Crippen LogP contribution in [0.1, 0.15) is 23.6 Å². The number of nitrogens with one attached hydrogen (secondary N) is 2. The van der Waals surface area contributed by atoms with Gasteiger partial charge in [0.25, 0.3) is 5.91 Å². The van der Waals surface area contributed by atoms with E-state index >= 15 is 0 Å². The molecule has 2 amide bonds. The van der Waals surface area contributed by atoms with Gasteiger partial charge in [-0.25, -0.2) is 0 Å². The van der Waals surface area contributed by atoms with Gasteiger partial charge in [0.1, 0.15) is 5.75 Å². The Balaban J connectivity index is 1.51. The Morgan fingerprint density at radius 1 is 1.20 bits per heavy atom. The van der Waals surface area contributed by atoms with E-state index in [2.05, 4.69) is 10.6 Å². The van der Waals surface area contributed by atoms with Gasteiger partial charge >= 0.3 is 0 Å². The van der Waals surface area contributed by atoms with Gasteiger partial charge in [0.2, 0.25) is 5.91 Å². The molecule has 130 valence electrons. The predicted octanol–water partition coefficient (Wildman–Crippen LogP) is 2.62. The molecule has 0 spiro atoms. The maximum atomic E-state index is 12.0. The third-order valence-corrected chi connectivity index (χ3v) is 4.16. The molecule has 1 aliphatic rings. The lowest BCUT2D eigenvalue weighted by molar-refractivity contribution is -0.122. The summed E-state index contributed by atoms with van der Waals surface area (Å²) in [6.07, 6.45) is 0.602. The summed E-state index contributed by atoms with van der Waals surface area (Å²) in [5, 5.41) is 5.77. The van der Waals surface area contributed by atoms with Gasteiger partial charge in [-0.15, -0.1) is 0 Å². The average Bonchev–Trinajstić information content (AvgIpc) is 2.56. The number of hydrogen-bond acceptors (Lipinski definition) is 3. The Hall–Kier alpha value is -2.82.